The van der Waals surface area contributed by atoms with Crippen molar-refractivity contribution in [3.63, 3.8) is 0 Å². The van der Waals surface area contributed by atoms with Gasteiger partial charge in [0.25, 0.3) is 5.69 Å². The van der Waals surface area contributed by atoms with Gasteiger partial charge in [0.15, 0.2) is 5.69 Å². The van der Waals surface area contributed by atoms with E-state index in [4.69, 9.17) is 11.6 Å². The van der Waals surface area contributed by atoms with Crippen molar-refractivity contribution in [2.75, 3.05) is 36.0 Å². The zero-order valence-corrected chi connectivity index (χ0v) is 20.8. The van der Waals surface area contributed by atoms with Gasteiger partial charge in [-0.25, -0.2) is 4.79 Å². The Kier molecular flexibility index (Phi) is 6.54. The highest BCUT2D eigenvalue weighted by Crippen LogP contribution is 2.36. The number of non-ortho nitro benzene ring substituents is 1. The van der Waals surface area contributed by atoms with Crippen LogP contribution < -0.4 is 9.80 Å². The lowest BCUT2D eigenvalue weighted by Crippen LogP contribution is -2.46. The van der Waals surface area contributed by atoms with Gasteiger partial charge in [-0.1, -0.05) is 35.9 Å². The van der Waals surface area contributed by atoms with Crippen molar-refractivity contribution in [3.05, 3.63) is 93.6 Å². The number of hydrogen-bond acceptors (Lipinski definition) is 6. The molecule has 2 heterocycles. The molecule has 0 bridgehead atoms. The number of carboxylic acids is 1. The number of nitro benzene ring substituents is 1. The Morgan fingerprint density at radius 2 is 1.54 bits per heavy atom. The van der Waals surface area contributed by atoms with Crippen LogP contribution in [0, 0.1) is 10.1 Å². The first-order chi connectivity index (χ1) is 17.8. The van der Waals surface area contributed by atoms with Crippen LogP contribution in [0.2, 0.25) is 5.02 Å². The summed E-state index contributed by atoms with van der Waals surface area (Å²) in [5.41, 5.74) is 4.82. The van der Waals surface area contributed by atoms with Crippen LogP contribution in [0.25, 0.3) is 22.4 Å². The van der Waals surface area contributed by atoms with E-state index < -0.39 is 10.9 Å². The lowest BCUT2D eigenvalue weighted by molar-refractivity contribution is -0.384. The van der Waals surface area contributed by atoms with E-state index in [9.17, 15) is 20.0 Å². The second kappa shape index (κ2) is 9.94. The lowest BCUT2D eigenvalue weighted by atomic mass is 9.98. The summed E-state index contributed by atoms with van der Waals surface area (Å²) in [7, 11) is 1.63. The molecule has 1 aliphatic rings. The Balaban J connectivity index is 1.42. The molecular formula is C27H24ClN5O4. The summed E-state index contributed by atoms with van der Waals surface area (Å²) >= 11 is 6.06. The minimum Gasteiger partial charge on any atom is -0.477 e. The van der Waals surface area contributed by atoms with E-state index in [1.807, 2.05) is 36.4 Å². The van der Waals surface area contributed by atoms with E-state index in [1.165, 1.54) is 16.8 Å². The summed E-state index contributed by atoms with van der Waals surface area (Å²) in [6.07, 6.45) is 0. The molecule has 0 atom stereocenters. The van der Waals surface area contributed by atoms with Crippen LogP contribution >= 0.6 is 11.6 Å². The molecule has 4 aromatic rings. The molecule has 0 spiro atoms. The predicted molar refractivity (Wildman–Crippen MR) is 144 cm³/mol. The van der Waals surface area contributed by atoms with Gasteiger partial charge in [0, 0.05) is 72.9 Å². The third kappa shape index (κ3) is 4.85. The largest absolute Gasteiger partial charge is 0.477 e. The average Bonchev–Trinajstić information content (AvgIpc) is 3.26. The van der Waals surface area contributed by atoms with E-state index in [2.05, 4.69) is 14.9 Å². The molecule has 0 aliphatic carbocycles. The molecule has 9 nitrogen and oxygen atoms in total. The van der Waals surface area contributed by atoms with Gasteiger partial charge in [-0.15, -0.1) is 0 Å². The van der Waals surface area contributed by atoms with Crippen molar-refractivity contribution in [2.45, 2.75) is 0 Å². The fourth-order valence-electron chi connectivity index (χ4n) is 4.72. The van der Waals surface area contributed by atoms with Gasteiger partial charge in [0.2, 0.25) is 0 Å². The quantitative estimate of drug-likeness (QED) is 0.272. The molecule has 1 fully saturated rings. The molecule has 1 aromatic heterocycles. The number of rotatable bonds is 6. The summed E-state index contributed by atoms with van der Waals surface area (Å²) < 4.78 is 1.40. The molecule has 1 N–H and O–H groups in total. The number of hydrogen-bond donors (Lipinski definition) is 1. The van der Waals surface area contributed by atoms with Crippen molar-refractivity contribution in [1.82, 2.24) is 9.78 Å². The SMILES string of the molecule is Cn1nc(-c2ccc(Cl)cc2)c(-c2cccc(N3CCN(c4ccc([N+](=O)[O-])cc4)CC3)c2)c1C(=O)O. The number of halogens is 1. The number of aromatic nitrogens is 2. The molecule has 1 aliphatic heterocycles. The van der Waals surface area contributed by atoms with Crippen LogP contribution in [0.3, 0.4) is 0 Å². The molecule has 5 rings (SSSR count). The highest BCUT2D eigenvalue weighted by Gasteiger charge is 2.25. The fraction of sp³-hybridized carbons (Fsp3) is 0.185. The van der Waals surface area contributed by atoms with E-state index >= 15 is 0 Å². The first-order valence-electron chi connectivity index (χ1n) is 11.7. The van der Waals surface area contributed by atoms with Crippen molar-refractivity contribution in [1.29, 1.82) is 0 Å². The topological polar surface area (TPSA) is 105 Å². The monoisotopic (exact) mass is 517 g/mol. The van der Waals surface area contributed by atoms with Gasteiger partial charge < -0.3 is 14.9 Å². The maximum absolute atomic E-state index is 12.2. The van der Waals surface area contributed by atoms with Gasteiger partial charge in [0.1, 0.15) is 5.69 Å². The average molecular weight is 518 g/mol. The molecule has 37 heavy (non-hydrogen) atoms. The molecular weight excluding hydrogens is 494 g/mol. The van der Waals surface area contributed by atoms with Crippen molar-refractivity contribution < 1.29 is 14.8 Å². The fourth-order valence-corrected chi connectivity index (χ4v) is 4.84. The number of piperazine rings is 1. The van der Waals surface area contributed by atoms with E-state index in [0.29, 0.717) is 16.3 Å². The summed E-state index contributed by atoms with van der Waals surface area (Å²) in [6, 6.07) is 21.7. The Labute approximate surface area is 218 Å². The number of aromatic carboxylic acids is 1. The predicted octanol–water partition coefficient (Wildman–Crippen LogP) is 5.34. The van der Waals surface area contributed by atoms with Crippen LogP contribution in [-0.4, -0.2) is 52.0 Å². The molecule has 3 aromatic carbocycles. The van der Waals surface area contributed by atoms with E-state index in [0.717, 1.165) is 48.7 Å². The van der Waals surface area contributed by atoms with Gasteiger partial charge in [-0.2, -0.15) is 5.10 Å². The number of carboxylic acid groups (broad SMARTS) is 1. The summed E-state index contributed by atoms with van der Waals surface area (Å²) in [5.74, 6) is -1.05. The van der Waals surface area contributed by atoms with Gasteiger partial charge in [-0.05, 0) is 42.0 Å². The summed E-state index contributed by atoms with van der Waals surface area (Å²) in [5, 5.41) is 26.0. The minimum atomic E-state index is -1.05. The second-order valence-corrected chi connectivity index (χ2v) is 9.24. The van der Waals surface area contributed by atoms with Crippen LogP contribution in [-0.2, 0) is 7.05 Å². The Hall–Kier alpha value is -4.37. The van der Waals surface area contributed by atoms with Gasteiger partial charge in [-0.3, -0.25) is 14.8 Å². The summed E-state index contributed by atoms with van der Waals surface area (Å²) in [6.45, 7) is 3.02. The van der Waals surface area contributed by atoms with Crippen molar-refractivity contribution in [3.8, 4) is 22.4 Å². The molecule has 1 saturated heterocycles. The molecule has 10 heteroatoms. The maximum Gasteiger partial charge on any atom is 0.354 e. The maximum atomic E-state index is 12.2. The normalized spacial score (nSPS) is 13.6. The minimum absolute atomic E-state index is 0.0771. The third-order valence-corrected chi connectivity index (χ3v) is 6.82. The molecule has 188 valence electrons. The number of nitrogens with zero attached hydrogens (tertiary/aromatic N) is 5. The van der Waals surface area contributed by atoms with Crippen LogP contribution in [0.1, 0.15) is 10.5 Å². The van der Waals surface area contributed by atoms with Gasteiger partial charge >= 0.3 is 5.97 Å². The number of aryl methyl sites for hydroxylation is 1. The summed E-state index contributed by atoms with van der Waals surface area (Å²) in [4.78, 5) is 27.2. The smallest absolute Gasteiger partial charge is 0.354 e. The first-order valence-corrected chi connectivity index (χ1v) is 12.1. The standard InChI is InChI=1S/C27H24ClN5O4/c1-30-26(27(34)35)24(25(29-30)18-5-7-20(28)8-6-18)19-3-2-4-23(17-19)32-15-13-31(14-16-32)21-9-11-22(12-10-21)33(36)37/h2-12,17H,13-16H2,1H3,(H,34,35). The molecule has 0 saturated carbocycles. The molecule has 0 radical (unpaired) electrons. The number of carbonyl (C=O) groups is 1. The zero-order valence-electron chi connectivity index (χ0n) is 20.0. The van der Waals surface area contributed by atoms with Crippen LogP contribution in [0.15, 0.2) is 72.8 Å². The second-order valence-electron chi connectivity index (χ2n) is 8.81. The zero-order chi connectivity index (χ0) is 26.1. The first kappa shape index (κ1) is 24.3. The van der Waals surface area contributed by atoms with Crippen molar-refractivity contribution in [2.24, 2.45) is 7.05 Å². The number of nitro groups is 1. The van der Waals surface area contributed by atoms with Crippen LogP contribution in [0.5, 0.6) is 0 Å². The Morgan fingerprint density at radius 3 is 2.14 bits per heavy atom. The number of anilines is 2. The number of benzene rings is 3. The lowest BCUT2D eigenvalue weighted by Gasteiger charge is -2.37. The highest BCUT2D eigenvalue weighted by molar-refractivity contribution is 6.30. The molecule has 0 unspecified atom stereocenters. The van der Waals surface area contributed by atoms with Crippen molar-refractivity contribution >= 4 is 34.6 Å². The highest BCUT2D eigenvalue weighted by atomic mass is 35.5. The molecule has 0 amide bonds. The Morgan fingerprint density at radius 1 is 0.919 bits per heavy atom. The van der Waals surface area contributed by atoms with Gasteiger partial charge in [0.05, 0.1) is 4.92 Å². The van der Waals surface area contributed by atoms with Crippen LogP contribution in [0.4, 0.5) is 17.1 Å². The Bertz CT molecular complexity index is 1460. The third-order valence-electron chi connectivity index (χ3n) is 6.57. The van der Waals surface area contributed by atoms with E-state index in [1.54, 1.807) is 31.3 Å². The van der Waals surface area contributed by atoms with E-state index in [-0.39, 0.29) is 11.4 Å².